The van der Waals surface area contributed by atoms with Gasteiger partial charge in [-0.05, 0) is 6.54 Å². The highest BCUT2D eigenvalue weighted by molar-refractivity contribution is 6.00. The van der Waals surface area contributed by atoms with E-state index in [9.17, 15) is 4.79 Å². The number of rotatable bonds is 4. The Kier molecular flexibility index (Phi) is 3.80. The molecular weight excluding hydrogens is 248 g/mol. The molecule has 1 aromatic rings. The molecule has 1 amide bonds. The summed E-state index contributed by atoms with van der Waals surface area (Å²) in [7, 11) is 4.81. The molecule has 0 aliphatic carbocycles. The van der Waals surface area contributed by atoms with Crippen molar-refractivity contribution in [3.63, 3.8) is 0 Å². The zero-order valence-corrected chi connectivity index (χ0v) is 11.3. The Morgan fingerprint density at radius 3 is 2.53 bits per heavy atom. The maximum Gasteiger partial charge on any atom is 0.267 e. The van der Waals surface area contributed by atoms with Crippen molar-refractivity contribution in [1.82, 2.24) is 0 Å². The standard InChI is InChI=1S/C13H18N2O4/c1-15-8-6-11(17-2)12(18-3)7-10(8)19-9(4-5-14)13(15)16/h6-7,9H,4-5,14H2,1-3H3. The smallest absolute Gasteiger partial charge is 0.267 e. The Labute approximate surface area is 112 Å². The van der Waals surface area contributed by atoms with Crippen molar-refractivity contribution in [3.05, 3.63) is 12.1 Å². The van der Waals surface area contributed by atoms with E-state index in [0.29, 0.717) is 35.9 Å². The number of carbonyl (C=O) groups excluding carboxylic acids is 1. The van der Waals surface area contributed by atoms with E-state index < -0.39 is 6.10 Å². The van der Waals surface area contributed by atoms with Gasteiger partial charge in [-0.15, -0.1) is 0 Å². The Morgan fingerprint density at radius 2 is 1.95 bits per heavy atom. The molecule has 104 valence electrons. The molecule has 19 heavy (non-hydrogen) atoms. The average molecular weight is 266 g/mol. The zero-order chi connectivity index (χ0) is 14.0. The van der Waals surface area contributed by atoms with E-state index in [0.717, 1.165) is 0 Å². The van der Waals surface area contributed by atoms with E-state index >= 15 is 0 Å². The summed E-state index contributed by atoms with van der Waals surface area (Å²) in [6.07, 6.45) is -0.0580. The number of nitrogens with two attached hydrogens (primary N) is 1. The van der Waals surface area contributed by atoms with Crippen LogP contribution in [-0.4, -0.2) is 39.8 Å². The lowest BCUT2D eigenvalue weighted by Crippen LogP contribution is -2.44. The molecule has 2 N–H and O–H groups in total. The number of ether oxygens (including phenoxy) is 3. The highest BCUT2D eigenvalue weighted by atomic mass is 16.5. The van der Waals surface area contributed by atoms with E-state index in [1.807, 2.05) is 0 Å². The molecule has 0 fully saturated rings. The second-order valence-corrected chi connectivity index (χ2v) is 4.26. The molecule has 0 saturated carbocycles. The highest BCUT2D eigenvalue weighted by Gasteiger charge is 2.32. The first-order valence-corrected chi connectivity index (χ1v) is 6.02. The Hall–Kier alpha value is -1.95. The molecule has 2 rings (SSSR count). The molecule has 1 atom stereocenters. The molecule has 0 radical (unpaired) electrons. The van der Waals surface area contributed by atoms with Gasteiger partial charge in [-0.2, -0.15) is 0 Å². The lowest BCUT2D eigenvalue weighted by Gasteiger charge is -2.32. The Balaban J connectivity index is 2.44. The van der Waals surface area contributed by atoms with Crippen LogP contribution in [0.5, 0.6) is 17.2 Å². The van der Waals surface area contributed by atoms with Crippen LogP contribution < -0.4 is 24.8 Å². The van der Waals surface area contributed by atoms with E-state index in [4.69, 9.17) is 19.9 Å². The van der Waals surface area contributed by atoms with Crippen LogP contribution in [0.1, 0.15) is 6.42 Å². The molecule has 0 spiro atoms. The number of amides is 1. The van der Waals surface area contributed by atoms with Gasteiger partial charge in [0.15, 0.2) is 17.6 Å². The lowest BCUT2D eigenvalue weighted by molar-refractivity contribution is -0.126. The van der Waals surface area contributed by atoms with Crippen LogP contribution in [0, 0.1) is 0 Å². The molecule has 1 aromatic carbocycles. The summed E-state index contributed by atoms with van der Waals surface area (Å²) >= 11 is 0. The van der Waals surface area contributed by atoms with Gasteiger partial charge in [-0.3, -0.25) is 4.79 Å². The van der Waals surface area contributed by atoms with Gasteiger partial charge < -0.3 is 24.8 Å². The first-order valence-electron chi connectivity index (χ1n) is 6.02. The Bertz CT molecular complexity index is 490. The number of hydrogen-bond donors (Lipinski definition) is 1. The van der Waals surface area contributed by atoms with Crippen LogP contribution in [0.2, 0.25) is 0 Å². The predicted octanol–water partition coefficient (Wildman–Crippen LogP) is 0.776. The molecule has 0 aromatic heterocycles. The maximum absolute atomic E-state index is 12.1. The van der Waals surface area contributed by atoms with E-state index in [-0.39, 0.29) is 5.91 Å². The third kappa shape index (κ3) is 2.31. The third-order valence-corrected chi connectivity index (χ3v) is 3.13. The van der Waals surface area contributed by atoms with Crippen molar-refractivity contribution in [1.29, 1.82) is 0 Å². The van der Waals surface area contributed by atoms with Crippen LogP contribution in [0.4, 0.5) is 5.69 Å². The molecule has 1 aliphatic rings. The van der Waals surface area contributed by atoms with Crippen LogP contribution in [0.15, 0.2) is 12.1 Å². The lowest BCUT2D eigenvalue weighted by atomic mass is 10.1. The minimum atomic E-state index is -0.541. The fourth-order valence-corrected chi connectivity index (χ4v) is 2.08. The average Bonchev–Trinajstić information content (AvgIpc) is 2.43. The van der Waals surface area contributed by atoms with Crippen molar-refractivity contribution in [2.75, 3.05) is 32.7 Å². The molecule has 1 unspecified atom stereocenters. The summed E-state index contributed by atoms with van der Waals surface area (Å²) in [5, 5.41) is 0. The van der Waals surface area contributed by atoms with Gasteiger partial charge in [-0.1, -0.05) is 0 Å². The summed E-state index contributed by atoms with van der Waals surface area (Å²) in [6, 6.07) is 3.45. The molecule has 0 saturated heterocycles. The van der Waals surface area contributed by atoms with Crippen molar-refractivity contribution < 1.29 is 19.0 Å². The summed E-state index contributed by atoms with van der Waals surface area (Å²) in [4.78, 5) is 13.7. The van der Waals surface area contributed by atoms with Gasteiger partial charge in [0.25, 0.3) is 5.91 Å². The monoisotopic (exact) mass is 266 g/mol. The number of nitrogens with zero attached hydrogens (tertiary/aromatic N) is 1. The van der Waals surface area contributed by atoms with Crippen LogP contribution in [0.3, 0.4) is 0 Å². The number of likely N-dealkylation sites (N-methyl/N-ethyl adjacent to an activating group) is 1. The predicted molar refractivity (Wildman–Crippen MR) is 71.0 cm³/mol. The summed E-state index contributed by atoms with van der Waals surface area (Å²) < 4.78 is 16.1. The summed E-state index contributed by atoms with van der Waals surface area (Å²) in [5.74, 6) is 1.61. The number of benzene rings is 1. The van der Waals surface area contributed by atoms with Gasteiger partial charge >= 0.3 is 0 Å². The number of hydrogen-bond acceptors (Lipinski definition) is 5. The highest BCUT2D eigenvalue weighted by Crippen LogP contribution is 2.42. The van der Waals surface area contributed by atoms with Gasteiger partial charge in [0.05, 0.1) is 19.9 Å². The van der Waals surface area contributed by atoms with Crippen molar-refractivity contribution in [2.45, 2.75) is 12.5 Å². The molecule has 0 bridgehead atoms. The molecular formula is C13H18N2O4. The minimum absolute atomic E-state index is 0.106. The van der Waals surface area contributed by atoms with Gasteiger partial charge in [0.2, 0.25) is 0 Å². The number of methoxy groups -OCH3 is 2. The molecule has 6 nitrogen and oxygen atoms in total. The normalized spacial score (nSPS) is 17.8. The van der Waals surface area contributed by atoms with Gasteiger partial charge in [-0.25, -0.2) is 0 Å². The maximum atomic E-state index is 12.1. The molecule has 1 aliphatic heterocycles. The Morgan fingerprint density at radius 1 is 1.32 bits per heavy atom. The third-order valence-electron chi connectivity index (χ3n) is 3.13. The SMILES string of the molecule is COc1cc2c(cc1OC)N(C)C(=O)C(CCN)O2. The number of anilines is 1. The first kappa shape index (κ1) is 13.5. The quantitative estimate of drug-likeness (QED) is 0.871. The van der Waals surface area contributed by atoms with Crippen LogP contribution in [0.25, 0.3) is 0 Å². The number of fused-ring (bicyclic) bond motifs is 1. The van der Waals surface area contributed by atoms with Gasteiger partial charge in [0.1, 0.15) is 5.75 Å². The largest absolute Gasteiger partial charge is 0.493 e. The van der Waals surface area contributed by atoms with Gasteiger partial charge in [0, 0.05) is 25.6 Å². The summed E-state index contributed by atoms with van der Waals surface area (Å²) in [6.45, 7) is 0.396. The van der Waals surface area contributed by atoms with E-state index in [2.05, 4.69) is 0 Å². The minimum Gasteiger partial charge on any atom is -0.493 e. The fraction of sp³-hybridized carbons (Fsp3) is 0.462. The van der Waals surface area contributed by atoms with E-state index in [1.165, 1.54) is 0 Å². The number of carbonyl (C=O) groups is 1. The molecule has 6 heteroatoms. The second-order valence-electron chi connectivity index (χ2n) is 4.26. The van der Waals surface area contributed by atoms with Crippen molar-refractivity contribution in [2.24, 2.45) is 5.73 Å². The molecule has 1 heterocycles. The summed E-state index contributed by atoms with van der Waals surface area (Å²) in [5.41, 5.74) is 6.16. The van der Waals surface area contributed by atoms with Crippen molar-refractivity contribution >= 4 is 11.6 Å². The first-order chi connectivity index (χ1) is 9.12. The fourth-order valence-electron chi connectivity index (χ4n) is 2.08. The van der Waals surface area contributed by atoms with E-state index in [1.54, 1.807) is 38.3 Å². The zero-order valence-electron chi connectivity index (χ0n) is 11.3. The van der Waals surface area contributed by atoms with Crippen LogP contribution in [-0.2, 0) is 4.79 Å². The topological polar surface area (TPSA) is 74.0 Å². The van der Waals surface area contributed by atoms with Crippen LogP contribution >= 0.6 is 0 Å². The van der Waals surface area contributed by atoms with Crippen molar-refractivity contribution in [3.8, 4) is 17.2 Å². The second kappa shape index (κ2) is 5.36.